The lowest BCUT2D eigenvalue weighted by molar-refractivity contribution is -0.146. The van der Waals surface area contributed by atoms with Gasteiger partial charge in [0.25, 0.3) is 0 Å². The molecule has 6 rings (SSSR count). The van der Waals surface area contributed by atoms with Gasteiger partial charge in [-0.3, -0.25) is 19.3 Å². The summed E-state index contributed by atoms with van der Waals surface area (Å²) < 4.78 is 0. The van der Waals surface area contributed by atoms with Gasteiger partial charge in [0.2, 0.25) is 17.7 Å². The Morgan fingerprint density at radius 2 is 1.52 bits per heavy atom. The first-order valence-corrected chi connectivity index (χ1v) is 11.0. The predicted octanol–water partition coefficient (Wildman–Crippen LogP) is 3.74. The van der Waals surface area contributed by atoms with Crippen LogP contribution in [0, 0.1) is 30.6 Å². The molecule has 2 aromatic carbocycles. The highest BCUT2D eigenvalue weighted by Gasteiger charge is 2.58. The molecule has 1 N–H and O–H groups in total. The zero-order valence-corrected chi connectivity index (χ0v) is 17.5. The number of hydrogen-bond donors (Lipinski definition) is 1. The Labute approximate surface area is 182 Å². The summed E-state index contributed by atoms with van der Waals surface area (Å²) in [5.74, 6) is -1.12. The quantitative estimate of drug-likeness (QED) is 0.599. The van der Waals surface area contributed by atoms with Gasteiger partial charge < -0.3 is 5.32 Å². The average molecular weight is 415 g/mol. The zero-order valence-electron chi connectivity index (χ0n) is 17.5. The van der Waals surface area contributed by atoms with Gasteiger partial charge in [0.1, 0.15) is 6.04 Å². The molecule has 5 nitrogen and oxygen atoms in total. The van der Waals surface area contributed by atoms with Gasteiger partial charge in [0.15, 0.2) is 0 Å². The van der Waals surface area contributed by atoms with Crippen molar-refractivity contribution in [2.24, 2.45) is 23.7 Å². The van der Waals surface area contributed by atoms with Crippen LogP contribution < -0.4 is 5.32 Å². The van der Waals surface area contributed by atoms with E-state index in [1.165, 1.54) is 4.90 Å². The highest BCUT2D eigenvalue weighted by molar-refractivity contribution is 6.10. The molecule has 0 aromatic heterocycles. The van der Waals surface area contributed by atoms with E-state index < -0.39 is 6.04 Å². The molecule has 4 aliphatic rings. The Morgan fingerprint density at radius 3 is 2.10 bits per heavy atom. The molecule has 2 aromatic rings. The number of fused-ring (bicyclic) bond motifs is 1. The molecule has 31 heavy (non-hydrogen) atoms. The molecule has 1 aliphatic heterocycles. The van der Waals surface area contributed by atoms with Gasteiger partial charge in [-0.2, -0.15) is 0 Å². The number of carbonyl (C=O) groups is 3. The number of nitrogens with one attached hydrogen (secondary N) is 1. The number of amides is 3. The topological polar surface area (TPSA) is 66.5 Å². The second-order valence-corrected chi connectivity index (χ2v) is 8.90. The largest absolute Gasteiger partial charge is 0.324 e. The first-order valence-electron chi connectivity index (χ1n) is 11.0. The number of rotatable bonds is 5. The number of hydrogen-bond acceptors (Lipinski definition) is 3. The van der Waals surface area contributed by atoms with Crippen LogP contribution in [0.3, 0.4) is 0 Å². The molecule has 5 heteroatoms. The number of nitrogens with zero attached hydrogens (tertiary/aromatic N) is 1. The number of likely N-dealkylation sites (tertiary alicyclic amines) is 1. The molecule has 1 heterocycles. The number of aryl methyl sites for hydroxylation is 1. The van der Waals surface area contributed by atoms with Crippen LogP contribution in [-0.2, 0) is 20.8 Å². The molecule has 1 saturated heterocycles. The number of benzene rings is 2. The standard InChI is InChI=1S/C26H26N2O3/c1-16-7-5-6-10-20(16)27-24(29)21(15-17-8-3-2-4-9-17)28-25(30)22-18-11-12-19(14-13-18)23(22)26(28)31/h2-12,18-19,21-23H,13-15H2,1H3,(H,27,29)/t18-,19-,21+,22-,23+/m0/s1. The Bertz CT molecular complexity index is 1030. The lowest BCUT2D eigenvalue weighted by Crippen LogP contribution is -2.49. The normalized spacial score (nSPS) is 27.3. The molecule has 1 saturated carbocycles. The second-order valence-electron chi connectivity index (χ2n) is 8.90. The van der Waals surface area contributed by atoms with Crippen LogP contribution in [0.4, 0.5) is 5.69 Å². The minimum atomic E-state index is -0.869. The lowest BCUT2D eigenvalue weighted by Gasteiger charge is -2.38. The highest BCUT2D eigenvalue weighted by atomic mass is 16.2. The van der Waals surface area contributed by atoms with Gasteiger partial charge in [-0.05, 0) is 48.8 Å². The molecule has 0 radical (unpaired) electrons. The van der Waals surface area contributed by atoms with E-state index in [1.54, 1.807) is 0 Å². The van der Waals surface area contributed by atoms with Gasteiger partial charge in [-0.15, -0.1) is 0 Å². The number of imide groups is 1. The molecule has 2 fully saturated rings. The van der Waals surface area contributed by atoms with Crippen molar-refractivity contribution in [3.63, 3.8) is 0 Å². The maximum Gasteiger partial charge on any atom is 0.248 e. The van der Waals surface area contributed by atoms with Crippen LogP contribution in [-0.4, -0.2) is 28.7 Å². The Morgan fingerprint density at radius 1 is 0.935 bits per heavy atom. The summed E-state index contributed by atoms with van der Waals surface area (Å²) in [6.07, 6.45) is 6.38. The minimum absolute atomic E-state index is 0.105. The van der Waals surface area contributed by atoms with E-state index in [2.05, 4.69) is 17.5 Å². The maximum absolute atomic E-state index is 13.5. The smallest absolute Gasteiger partial charge is 0.248 e. The van der Waals surface area contributed by atoms with Crippen molar-refractivity contribution in [2.75, 3.05) is 5.32 Å². The third kappa shape index (κ3) is 3.38. The predicted molar refractivity (Wildman–Crippen MR) is 118 cm³/mol. The first-order chi connectivity index (χ1) is 15.0. The van der Waals surface area contributed by atoms with Gasteiger partial charge in [-0.25, -0.2) is 0 Å². The van der Waals surface area contributed by atoms with Crippen molar-refractivity contribution in [1.82, 2.24) is 4.90 Å². The summed E-state index contributed by atoms with van der Waals surface area (Å²) in [5.41, 5.74) is 2.55. The summed E-state index contributed by atoms with van der Waals surface area (Å²) in [5, 5.41) is 2.97. The van der Waals surface area contributed by atoms with E-state index in [1.807, 2.05) is 61.5 Å². The van der Waals surface area contributed by atoms with Crippen molar-refractivity contribution in [3.05, 3.63) is 77.9 Å². The van der Waals surface area contributed by atoms with Gasteiger partial charge in [0.05, 0.1) is 11.8 Å². The molecule has 3 aliphatic carbocycles. The summed E-state index contributed by atoms with van der Waals surface area (Å²) >= 11 is 0. The first kappa shape index (κ1) is 19.7. The highest BCUT2D eigenvalue weighted by Crippen LogP contribution is 2.50. The number of anilines is 1. The summed E-state index contributed by atoms with van der Waals surface area (Å²) in [6, 6.07) is 16.2. The average Bonchev–Trinajstić information content (AvgIpc) is 3.07. The second kappa shape index (κ2) is 7.80. The van der Waals surface area contributed by atoms with E-state index in [4.69, 9.17) is 0 Å². The van der Waals surface area contributed by atoms with E-state index in [9.17, 15) is 14.4 Å². The zero-order chi connectivity index (χ0) is 21.5. The Kier molecular flexibility index (Phi) is 4.97. The fraction of sp³-hybridized carbons (Fsp3) is 0.346. The van der Waals surface area contributed by atoms with Crippen LogP contribution >= 0.6 is 0 Å². The van der Waals surface area contributed by atoms with E-state index in [0.29, 0.717) is 12.1 Å². The fourth-order valence-corrected chi connectivity index (χ4v) is 5.47. The molecule has 5 atom stereocenters. The number of allylic oxidation sites excluding steroid dienone is 2. The Hall–Kier alpha value is -3.21. The molecule has 0 spiro atoms. The van der Waals surface area contributed by atoms with E-state index >= 15 is 0 Å². The monoisotopic (exact) mass is 414 g/mol. The van der Waals surface area contributed by atoms with Crippen molar-refractivity contribution >= 4 is 23.4 Å². The van der Waals surface area contributed by atoms with Crippen LogP contribution in [0.15, 0.2) is 66.7 Å². The van der Waals surface area contributed by atoms with Crippen molar-refractivity contribution in [3.8, 4) is 0 Å². The third-order valence-corrected chi connectivity index (χ3v) is 7.08. The molecule has 3 amide bonds. The fourth-order valence-electron chi connectivity index (χ4n) is 5.47. The van der Waals surface area contributed by atoms with Crippen molar-refractivity contribution in [1.29, 1.82) is 0 Å². The van der Waals surface area contributed by atoms with Crippen LogP contribution in [0.2, 0.25) is 0 Å². The van der Waals surface area contributed by atoms with Gasteiger partial charge in [0, 0.05) is 12.1 Å². The molecule has 158 valence electrons. The van der Waals surface area contributed by atoms with Crippen LogP contribution in [0.1, 0.15) is 24.0 Å². The molecule has 0 unspecified atom stereocenters. The lowest BCUT2D eigenvalue weighted by atomic mass is 9.63. The van der Waals surface area contributed by atoms with E-state index in [-0.39, 0.29) is 41.4 Å². The van der Waals surface area contributed by atoms with Crippen molar-refractivity contribution in [2.45, 2.75) is 32.2 Å². The van der Waals surface area contributed by atoms with Crippen LogP contribution in [0.5, 0.6) is 0 Å². The van der Waals surface area contributed by atoms with Crippen LogP contribution in [0.25, 0.3) is 0 Å². The molecular weight excluding hydrogens is 388 g/mol. The van der Waals surface area contributed by atoms with Crippen molar-refractivity contribution < 1.29 is 14.4 Å². The number of carbonyl (C=O) groups excluding carboxylic acids is 3. The Balaban J connectivity index is 1.48. The SMILES string of the molecule is Cc1ccccc1NC(=O)[C@@H](Cc1ccccc1)N1C(=O)[C@@H]2[C@H](C1=O)[C@H]1C=C[C@H]2CC1. The third-order valence-electron chi connectivity index (χ3n) is 7.08. The molecular formula is C26H26N2O3. The van der Waals surface area contributed by atoms with Gasteiger partial charge >= 0.3 is 0 Å². The summed E-state index contributed by atoms with van der Waals surface area (Å²) in [7, 11) is 0. The summed E-state index contributed by atoms with van der Waals surface area (Å²) in [6.45, 7) is 1.92. The van der Waals surface area contributed by atoms with Gasteiger partial charge in [-0.1, -0.05) is 60.7 Å². The summed E-state index contributed by atoms with van der Waals surface area (Å²) in [4.78, 5) is 41.7. The maximum atomic E-state index is 13.5. The number of para-hydroxylation sites is 1. The van der Waals surface area contributed by atoms with E-state index in [0.717, 1.165) is 24.0 Å². The minimum Gasteiger partial charge on any atom is -0.324 e. The molecule has 2 bridgehead atoms.